The molecule has 0 spiro atoms. The van der Waals surface area contributed by atoms with Crippen molar-refractivity contribution in [2.24, 2.45) is 0 Å². The molecule has 6 heteroatoms. The van der Waals surface area contributed by atoms with Crippen molar-refractivity contribution in [2.75, 3.05) is 6.54 Å². The number of hydrogen-bond donors (Lipinski definition) is 1. The Morgan fingerprint density at radius 1 is 1.20 bits per heavy atom. The van der Waals surface area contributed by atoms with Crippen LogP contribution in [0.1, 0.15) is 13.3 Å². The lowest BCUT2D eigenvalue weighted by molar-refractivity contribution is 0.561. The van der Waals surface area contributed by atoms with Gasteiger partial charge in [0.25, 0.3) is 0 Å². The first-order valence-corrected chi connectivity index (χ1v) is 5.90. The van der Waals surface area contributed by atoms with Gasteiger partial charge in [-0.2, -0.15) is 0 Å². The molecule has 0 atom stereocenters. The number of nitrogens with one attached hydrogen (secondary N) is 1. The van der Waals surface area contributed by atoms with Gasteiger partial charge in [-0.1, -0.05) is 6.92 Å². The highest BCUT2D eigenvalue weighted by Crippen LogP contribution is 2.13. The summed E-state index contributed by atoms with van der Waals surface area (Å²) in [6, 6.07) is 2.18. The molecule has 0 radical (unpaired) electrons. The van der Waals surface area contributed by atoms with E-state index in [2.05, 4.69) is 4.72 Å². The zero-order valence-electron chi connectivity index (χ0n) is 8.13. The first kappa shape index (κ1) is 12.1. The van der Waals surface area contributed by atoms with E-state index in [-0.39, 0.29) is 6.54 Å². The molecule has 0 fully saturated rings. The molecule has 0 heterocycles. The summed E-state index contributed by atoms with van der Waals surface area (Å²) in [5.41, 5.74) is 0. The second-order valence-electron chi connectivity index (χ2n) is 3.00. The van der Waals surface area contributed by atoms with Crippen molar-refractivity contribution in [3.63, 3.8) is 0 Å². The normalized spacial score (nSPS) is 11.7. The van der Waals surface area contributed by atoms with Crippen LogP contribution in [-0.4, -0.2) is 15.0 Å². The van der Waals surface area contributed by atoms with Crippen LogP contribution < -0.4 is 4.72 Å². The van der Waals surface area contributed by atoms with E-state index < -0.39 is 26.6 Å². The highest BCUT2D eigenvalue weighted by atomic mass is 32.2. The van der Waals surface area contributed by atoms with Gasteiger partial charge in [0.15, 0.2) is 0 Å². The van der Waals surface area contributed by atoms with Gasteiger partial charge in [-0.3, -0.25) is 0 Å². The van der Waals surface area contributed by atoms with Gasteiger partial charge in [-0.25, -0.2) is 21.9 Å². The first-order valence-electron chi connectivity index (χ1n) is 4.41. The molecular formula is C9H11F2NO2S. The Morgan fingerprint density at radius 2 is 1.73 bits per heavy atom. The molecule has 0 saturated carbocycles. The highest BCUT2D eigenvalue weighted by Gasteiger charge is 2.15. The predicted molar refractivity (Wildman–Crippen MR) is 51.8 cm³/mol. The minimum Gasteiger partial charge on any atom is -0.211 e. The lowest BCUT2D eigenvalue weighted by Crippen LogP contribution is -2.24. The van der Waals surface area contributed by atoms with E-state index in [4.69, 9.17) is 0 Å². The lowest BCUT2D eigenvalue weighted by Gasteiger charge is -2.05. The van der Waals surface area contributed by atoms with E-state index in [0.717, 1.165) is 12.1 Å². The first-order chi connectivity index (χ1) is 6.95. The van der Waals surface area contributed by atoms with Crippen LogP contribution in [0.25, 0.3) is 0 Å². The van der Waals surface area contributed by atoms with Crippen molar-refractivity contribution < 1.29 is 17.2 Å². The Hall–Kier alpha value is -1.01. The van der Waals surface area contributed by atoms with E-state index in [1.807, 2.05) is 0 Å². The quantitative estimate of drug-likeness (QED) is 0.862. The van der Waals surface area contributed by atoms with E-state index >= 15 is 0 Å². The highest BCUT2D eigenvalue weighted by molar-refractivity contribution is 7.89. The number of rotatable bonds is 4. The molecule has 1 aromatic carbocycles. The summed E-state index contributed by atoms with van der Waals surface area (Å²) in [5, 5.41) is 0. The molecule has 84 valence electrons. The molecule has 0 bridgehead atoms. The maximum absolute atomic E-state index is 12.7. The summed E-state index contributed by atoms with van der Waals surface area (Å²) in [5.74, 6) is -1.82. The van der Waals surface area contributed by atoms with Gasteiger partial charge in [0, 0.05) is 12.6 Å². The molecule has 0 unspecified atom stereocenters. The Labute approximate surface area is 87.2 Å². The van der Waals surface area contributed by atoms with Crippen LogP contribution in [0.15, 0.2) is 23.1 Å². The summed E-state index contributed by atoms with van der Waals surface area (Å²) in [6.45, 7) is 2.02. The fourth-order valence-electron chi connectivity index (χ4n) is 1.00. The van der Waals surface area contributed by atoms with Gasteiger partial charge in [0.1, 0.15) is 11.6 Å². The molecule has 1 aromatic rings. The number of hydrogen-bond acceptors (Lipinski definition) is 2. The second-order valence-corrected chi connectivity index (χ2v) is 4.77. The van der Waals surface area contributed by atoms with E-state index in [0.29, 0.717) is 12.5 Å². The number of halogens is 2. The minimum atomic E-state index is -3.80. The molecule has 0 aliphatic heterocycles. The molecule has 1 rings (SSSR count). The maximum atomic E-state index is 12.7. The van der Waals surface area contributed by atoms with Crippen molar-refractivity contribution >= 4 is 10.0 Å². The van der Waals surface area contributed by atoms with Crippen molar-refractivity contribution in [1.82, 2.24) is 4.72 Å². The van der Waals surface area contributed by atoms with Crippen LogP contribution in [0.5, 0.6) is 0 Å². The van der Waals surface area contributed by atoms with E-state index in [9.17, 15) is 17.2 Å². The van der Waals surface area contributed by atoms with E-state index in [1.165, 1.54) is 0 Å². The van der Waals surface area contributed by atoms with E-state index in [1.54, 1.807) is 6.92 Å². The molecule has 0 aliphatic rings. The molecule has 0 saturated heterocycles. The molecule has 0 aromatic heterocycles. The van der Waals surface area contributed by atoms with Crippen molar-refractivity contribution in [3.8, 4) is 0 Å². The smallest absolute Gasteiger partial charge is 0.211 e. The Balaban J connectivity index is 3.04. The van der Waals surface area contributed by atoms with Crippen LogP contribution >= 0.6 is 0 Å². The minimum absolute atomic E-state index is 0.237. The van der Waals surface area contributed by atoms with Gasteiger partial charge in [0.2, 0.25) is 10.0 Å². The standard InChI is InChI=1S/C9H11F2NO2S/c1-2-3-12-15(13,14)9-5-7(10)4-8(11)6-9/h4-6,12H,2-3H2,1H3. The Bertz CT molecular complexity index is 425. The summed E-state index contributed by atoms with van der Waals surface area (Å²) in [4.78, 5) is -0.395. The van der Waals surface area contributed by atoms with Gasteiger partial charge < -0.3 is 0 Å². The predicted octanol–water partition coefficient (Wildman–Crippen LogP) is 1.65. The van der Waals surface area contributed by atoms with Crippen LogP contribution in [0.2, 0.25) is 0 Å². The van der Waals surface area contributed by atoms with Crippen molar-refractivity contribution in [3.05, 3.63) is 29.8 Å². The summed E-state index contributed by atoms with van der Waals surface area (Å²) in [7, 11) is -3.80. The number of sulfonamides is 1. The molecule has 0 amide bonds. The number of benzene rings is 1. The second kappa shape index (κ2) is 4.67. The SMILES string of the molecule is CCCNS(=O)(=O)c1cc(F)cc(F)c1. The fourth-order valence-corrected chi connectivity index (χ4v) is 2.18. The van der Waals surface area contributed by atoms with Crippen LogP contribution in [0, 0.1) is 11.6 Å². The Kier molecular flexibility index (Phi) is 3.76. The third kappa shape index (κ3) is 3.24. The summed E-state index contributed by atoms with van der Waals surface area (Å²) in [6.07, 6.45) is 0.608. The van der Waals surface area contributed by atoms with Gasteiger partial charge in [0.05, 0.1) is 4.90 Å². The Morgan fingerprint density at radius 3 is 2.20 bits per heavy atom. The molecule has 15 heavy (non-hydrogen) atoms. The van der Waals surface area contributed by atoms with Gasteiger partial charge >= 0.3 is 0 Å². The third-order valence-electron chi connectivity index (χ3n) is 1.69. The van der Waals surface area contributed by atoms with Gasteiger partial charge in [-0.05, 0) is 18.6 Å². The monoisotopic (exact) mass is 235 g/mol. The topological polar surface area (TPSA) is 46.2 Å². The summed E-state index contributed by atoms with van der Waals surface area (Å²) < 4.78 is 50.6. The van der Waals surface area contributed by atoms with Crippen LogP contribution in [0.4, 0.5) is 8.78 Å². The average molecular weight is 235 g/mol. The zero-order valence-corrected chi connectivity index (χ0v) is 8.94. The average Bonchev–Trinajstić information content (AvgIpc) is 2.13. The van der Waals surface area contributed by atoms with Crippen molar-refractivity contribution in [2.45, 2.75) is 18.2 Å². The third-order valence-corrected chi connectivity index (χ3v) is 3.13. The fraction of sp³-hybridized carbons (Fsp3) is 0.333. The maximum Gasteiger partial charge on any atom is 0.240 e. The molecular weight excluding hydrogens is 224 g/mol. The zero-order chi connectivity index (χ0) is 11.5. The molecule has 3 nitrogen and oxygen atoms in total. The largest absolute Gasteiger partial charge is 0.240 e. The molecule has 1 N–H and O–H groups in total. The molecule has 0 aliphatic carbocycles. The van der Waals surface area contributed by atoms with Crippen LogP contribution in [-0.2, 0) is 10.0 Å². The van der Waals surface area contributed by atoms with Gasteiger partial charge in [-0.15, -0.1) is 0 Å². The summed E-state index contributed by atoms with van der Waals surface area (Å²) >= 11 is 0. The van der Waals surface area contributed by atoms with Crippen LogP contribution in [0.3, 0.4) is 0 Å². The lowest BCUT2D eigenvalue weighted by atomic mass is 10.3. The van der Waals surface area contributed by atoms with Crippen molar-refractivity contribution in [1.29, 1.82) is 0 Å².